The van der Waals surface area contributed by atoms with Crippen molar-refractivity contribution >= 4 is 45.2 Å². The van der Waals surface area contributed by atoms with E-state index in [2.05, 4.69) is 31.1 Å². The van der Waals surface area contributed by atoms with E-state index in [1.807, 2.05) is 13.8 Å². The van der Waals surface area contributed by atoms with Gasteiger partial charge in [0.05, 0.1) is 47.9 Å². The van der Waals surface area contributed by atoms with Gasteiger partial charge in [-0.3, -0.25) is 0 Å². The second kappa shape index (κ2) is 9.15. The molecule has 1 aliphatic rings. The monoisotopic (exact) mass is 475 g/mol. The lowest BCUT2D eigenvalue weighted by molar-refractivity contribution is 0.162. The molecule has 0 saturated carbocycles. The Balaban J connectivity index is 1.60. The number of ether oxygens (including phenoxy) is 2. The highest BCUT2D eigenvalue weighted by molar-refractivity contribution is 7.16. The number of thiazole rings is 1. The van der Waals surface area contributed by atoms with Gasteiger partial charge in [0.25, 0.3) is 0 Å². The van der Waals surface area contributed by atoms with Crippen LogP contribution in [0.2, 0.25) is 5.02 Å². The van der Waals surface area contributed by atoms with E-state index >= 15 is 0 Å². The number of hydrogen-bond acceptors (Lipinski definition) is 8. The quantitative estimate of drug-likeness (QED) is 0.498. The molecule has 0 aliphatic carbocycles. The molecule has 1 atom stereocenters. The number of rotatable bonds is 6. The second-order valence-electron chi connectivity index (χ2n) is 6.94. The van der Waals surface area contributed by atoms with Crippen LogP contribution in [0.5, 0.6) is 5.75 Å². The number of methoxy groups -OCH3 is 2. The number of nitrogens with zero attached hydrogens (tertiary/aromatic N) is 4. The van der Waals surface area contributed by atoms with Crippen LogP contribution in [0, 0.1) is 6.92 Å². The summed E-state index contributed by atoms with van der Waals surface area (Å²) < 4.78 is 11.0. The van der Waals surface area contributed by atoms with E-state index in [0.717, 1.165) is 21.3 Å². The largest absolute Gasteiger partial charge is 0.494 e. The van der Waals surface area contributed by atoms with Crippen molar-refractivity contribution in [2.24, 2.45) is 0 Å². The number of urea groups is 1. The third-order valence-corrected chi connectivity index (χ3v) is 6.15. The van der Waals surface area contributed by atoms with E-state index in [0.29, 0.717) is 34.4 Å². The van der Waals surface area contributed by atoms with Crippen LogP contribution in [0.1, 0.15) is 17.6 Å². The molecule has 1 aromatic carbocycles. The van der Waals surface area contributed by atoms with Crippen molar-refractivity contribution in [3.8, 4) is 11.4 Å². The van der Waals surface area contributed by atoms with Gasteiger partial charge in [-0.05, 0) is 19.9 Å². The Morgan fingerprint density at radius 3 is 2.72 bits per heavy atom. The maximum Gasteiger partial charge on any atom is 0.323 e. The zero-order valence-corrected chi connectivity index (χ0v) is 19.5. The summed E-state index contributed by atoms with van der Waals surface area (Å²) in [7, 11) is 3.13. The summed E-state index contributed by atoms with van der Waals surface area (Å²) >= 11 is 7.96. The SMILES string of the molecule is COc1cc(-n2nccn2)c(Cl)cc1NC(=O)NC1=C(C(C)OC)c2nc(C)sc2NC1. The maximum absolute atomic E-state index is 12.9. The summed E-state index contributed by atoms with van der Waals surface area (Å²) in [4.78, 5) is 18.9. The van der Waals surface area contributed by atoms with E-state index in [4.69, 9.17) is 21.1 Å². The Morgan fingerprint density at radius 2 is 2.03 bits per heavy atom. The number of anilines is 2. The van der Waals surface area contributed by atoms with Gasteiger partial charge in [0, 0.05) is 24.4 Å². The first-order valence-electron chi connectivity index (χ1n) is 9.71. The average Bonchev–Trinajstić information content (AvgIpc) is 3.42. The Kier molecular flexibility index (Phi) is 6.31. The third kappa shape index (κ3) is 4.27. The number of carbonyl (C=O) groups excluding carboxylic acids is 1. The Morgan fingerprint density at radius 1 is 1.28 bits per heavy atom. The molecule has 0 bridgehead atoms. The normalized spacial score (nSPS) is 13.9. The van der Waals surface area contributed by atoms with Crippen molar-refractivity contribution in [3.63, 3.8) is 0 Å². The lowest BCUT2D eigenvalue weighted by Crippen LogP contribution is -2.35. The Labute approximate surface area is 193 Å². The number of aryl methyl sites for hydroxylation is 1. The van der Waals surface area contributed by atoms with Crippen LogP contribution < -0.4 is 20.7 Å². The molecule has 0 spiro atoms. The molecule has 32 heavy (non-hydrogen) atoms. The number of fused-ring (bicyclic) bond motifs is 1. The zero-order chi connectivity index (χ0) is 22.8. The first-order valence-corrected chi connectivity index (χ1v) is 10.9. The van der Waals surface area contributed by atoms with Gasteiger partial charge in [-0.2, -0.15) is 10.2 Å². The number of carbonyl (C=O) groups is 1. The van der Waals surface area contributed by atoms with Crippen molar-refractivity contribution in [3.05, 3.63) is 45.9 Å². The second-order valence-corrected chi connectivity index (χ2v) is 8.55. The number of aromatic nitrogens is 4. The molecule has 1 aliphatic heterocycles. The standard InChI is InChI=1S/C20H22ClN7O3S/c1-10(30-3)17-14(9-22-19-18(17)25-11(2)32-19)27-20(29)26-13-7-12(21)15(8-16(13)31-4)28-23-5-6-24-28/h5-8,10,22H,9H2,1-4H3,(H2,26,27,29). The van der Waals surface area contributed by atoms with Gasteiger partial charge in [-0.25, -0.2) is 9.78 Å². The third-order valence-electron chi connectivity index (χ3n) is 4.92. The van der Waals surface area contributed by atoms with E-state index in [1.165, 1.54) is 11.9 Å². The van der Waals surface area contributed by atoms with Gasteiger partial charge >= 0.3 is 6.03 Å². The van der Waals surface area contributed by atoms with Crippen molar-refractivity contribution < 1.29 is 14.3 Å². The van der Waals surface area contributed by atoms with Crippen LogP contribution in [-0.4, -0.2) is 52.9 Å². The first kappa shape index (κ1) is 22.1. The van der Waals surface area contributed by atoms with Gasteiger partial charge in [-0.1, -0.05) is 11.6 Å². The minimum Gasteiger partial charge on any atom is -0.494 e. The smallest absolute Gasteiger partial charge is 0.323 e. The summed E-state index contributed by atoms with van der Waals surface area (Å²) in [6.07, 6.45) is 2.84. The van der Waals surface area contributed by atoms with Crippen LogP contribution in [0.25, 0.3) is 11.3 Å². The molecule has 12 heteroatoms. The van der Waals surface area contributed by atoms with Crippen molar-refractivity contribution in [1.82, 2.24) is 25.3 Å². The van der Waals surface area contributed by atoms with Gasteiger partial charge in [0.15, 0.2) is 0 Å². The fourth-order valence-corrected chi connectivity index (χ4v) is 4.46. The molecule has 2 aromatic heterocycles. The molecule has 0 fully saturated rings. The highest BCUT2D eigenvalue weighted by Crippen LogP contribution is 2.37. The number of halogens is 1. The fraction of sp³-hybridized carbons (Fsp3) is 0.300. The highest BCUT2D eigenvalue weighted by Gasteiger charge is 2.27. The molecule has 0 saturated heterocycles. The molecule has 3 aromatic rings. The van der Waals surface area contributed by atoms with Crippen LogP contribution >= 0.6 is 22.9 Å². The summed E-state index contributed by atoms with van der Waals surface area (Å²) in [6.45, 7) is 4.30. The Bertz CT molecular complexity index is 1180. The van der Waals surface area contributed by atoms with Gasteiger partial charge < -0.3 is 25.4 Å². The molecule has 0 radical (unpaired) electrons. The van der Waals surface area contributed by atoms with Crippen LogP contribution in [0.4, 0.5) is 15.5 Å². The molecule has 10 nitrogen and oxygen atoms in total. The van der Waals surface area contributed by atoms with E-state index < -0.39 is 6.03 Å². The van der Waals surface area contributed by atoms with E-state index in [9.17, 15) is 4.79 Å². The molecule has 4 rings (SSSR count). The van der Waals surface area contributed by atoms with Crippen LogP contribution in [0.3, 0.4) is 0 Å². The van der Waals surface area contributed by atoms with E-state index in [1.54, 1.807) is 43.0 Å². The predicted molar refractivity (Wildman–Crippen MR) is 124 cm³/mol. The highest BCUT2D eigenvalue weighted by atomic mass is 35.5. The van der Waals surface area contributed by atoms with E-state index in [-0.39, 0.29) is 6.10 Å². The molecular weight excluding hydrogens is 454 g/mol. The number of hydrogen-bond donors (Lipinski definition) is 3. The zero-order valence-electron chi connectivity index (χ0n) is 17.9. The fourth-order valence-electron chi connectivity index (χ4n) is 3.40. The number of benzene rings is 1. The minimum absolute atomic E-state index is 0.252. The van der Waals surface area contributed by atoms with Crippen molar-refractivity contribution in [2.75, 3.05) is 31.4 Å². The minimum atomic E-state index is -0.447. The molecule has 2 amide bonds. The van der Waals surface area contributed by atoms with Crippen molar-refractivity contribution in [2.45, 2.75) is 20.0 Å². The van der Waals surface area contributed by atoms with Crippen molar-refractivity contribution in [1.29, 1.82) is 0 Å². The predicted octanol–water partition coefficient (Wildman–Crippen LogP) is 3.69. The summed E-state index contributed by atoms with van der Waals surface area (Å²) in [6, 6.07) is 2.80. The summed E-state index contributed by atoms with van der Waals surface area (Å²) in [5, 5.41) is 19.4. The average molecular weight is 476 g/mol. The molecule has 3 heterocycles. The van der Waals surface area contributed by atoms with Crippen LogP contribution in [-0.2, 0) is 4.74 Å². The topological polar surface area (TPSA) is 115 Å². The molecule has 168 valence electrons. The summed E-state index contributed by atoms with van der Waals surface area (Å²) in [5.41, 5.74) is 3.24. The first-order chi connectivity index (χ1) is 15.4. The summed E-state index contributed by atoms with van der Waals surface area (Å²) in [5.74, 6) is 0.412. The van der Waals surface area contributed by atoms with Gasteiger partial charge in [0.2, 0.25) is 0 Å². The molecule has 3 N–H and O–H groups in total. The Hall–Kier alpha value is -3.15. The maximum atomic E-state index is 12.9. The lowest BCUT2D eigenvalue weighted by atomic mass is 10.0. The van der Waals surface area contributed by atoms with Gasteiger partial charge in [-0.15, -0.1) is 16.1 Å². The van der Waals surface area contributed by atoms with Gasteiger partial charge in [0.1, 0.15) is 22.1 Å². The number of nitrogens with one attached hydrogen (secondary N) is 3. The van der Waals surface area contributed by atoms with Crippen LogP contribution in [0.15, 0.2) is 30.2 Å². The lowest BCUT2D eigenvalue weighted by Gasteiger charge is -2.25. The molecular formula is C20H22ClN7O3S. The number of amides is 2. The molecule has 1 unspecified atom stereocenters.